The summed E-state index contributed by atoms with van der Waals surface area (Å²) in [6.45, 7) is 0. The summed E-state index contributed by atoms with van der Waals surface area (Å²) in [6.07, 6.45) is 0.981. The van der Waals surface area contributed by atoms with Crippen molar-refractivity contribution in [2.45, 2.75) is 6.42 Å². The molecule has 0 N–H and O–H groups in total. The third-order valence-electron chi connectivity index (χ3n) is 12.3. The fraction of sp³-hybridized carbons (Fsp3) is 0.0566. The molecular weight excluding hydrogens is 707 g/mol. The lowest BCUT2D eigenvalue weighted by Crippen LogP contribution is -1.97. The van der Waals surface area contributed by atoms with E-state index in [-0.39, 0.29) is 0 Å². The van der Waals surface area contributed by atoms with Crippen molar-refractivity contribution < 1.29 is 0 Å². The Hall–Kier alpha value is -7.50. The molecule has 3 heterocycles. The van der Waals surface area contributed by atoms with Gasteiger partial charge in [-0.05, 0) is 106 Å². The van der Waals surface area contributed by atoms with E-state index in [1.54, 1.807) is 0 Å². The van der Waals surface area contributed by atoms with Crippen molar-refractivity contribution in [1.82, 2.24) is 23.7 Å². The first-order valence-corrected chi connectivity index (χ1v) is 19.9. The van der Waals surface area contributed by atoms with Gasteiger partial charge in [-0.1, -0.05) is 121 Å². The third kappa shape index (κ3) is 4.96. The number of hydrogen-bond acceptors (Lipinski definition) is 2. The molecule has 0 aliphatic heterocycles. The summed E-state index contributed by atoms with van der Waals surface area (Å²) in [7, 11) is 4.24. The van der Waals surface area contributed by atoms with Crippen LogP contribution >= 0.6 is 0 Å². The second-order valence-electron chi connectivity index (χ2n) is 15.6. The number of imidazole rings is 2. The molecule has 1 aliphatic rings. The largest absolute Gasteiger partial charge is 0.327 e. The molecule has 12 rings (SSSR count). The molecule has 0 radical (unpaired) electrons. The molecule has 0 saturated carbocycles. The fourth-order valence-corrected chi connectivity index (χ4v) is 9.39. The number of para-hydroxylation sites is 2. The molecule has 0 fully saturated rings. The highest BCUT2D eigenvalue weighted by Crippen LogP contribution is 2.41. The van der Waals surface area contributed by atoms with Crippen LogP contribution in [0.25, 0.3) is 106 Å². The van der Waals surface area contributed by atoms with Gasteiger partial charge in [0.25, 0.3) is 0 Å². The highest BCUT2D eigenvalue weighted by atomic mass is 15.1. The summed E-state index contributed by atoms with van der Waals surface area (Å²) in [6, 6.07) is 63.8. The van der Waals surface area contributed by atoms with Gasteiger partial charge in [-0.3, -0.25) is 0 Å². The Morgan fingerprint density at radius 1 is 0.379 bits per heavy atom. The van der Waals surface area contributed by atoms with Gasteiger partial charge in [-0.25, -0.2) is 9.97 Å². The van der Waals surface area contributed by atoms with E-state index in [2.05, 4.69) is 198 Å². The topological polar surface area (TPSA) is 40.6 Å². The van der Waals surface area contributed by atoms with Crippen molar-refractivity contribution in [3.8, 4) is 61.8 Å². The lowest BCUT2D eigenvalue weighted by atomic mass is 9.99. The number of aryl methyl sites for hydroxylation is 2. The molecule has 58 heavy (non-hydrogen) atoms. The van der Waals surface area contributed by atoms with E-state index < -0.39 is 0 Å². The highest BCUT2D eigenvalue weighted by Gasteiger charge is 2.21. The van der Waals surface area contributed by atoms with Crippen LogP contribution in [0.3, 0.4) is 0 Å². The molecule has 0 unspecified atom stereocenters. The third-order valence-corrected chi connectivity index (χ3v) is 12.3. The number of nitrogens with zero attached hydrogens (tertiary/aromatic N) is 5. The molecule has 0 amide bonds. The average Bonchev–Trinajstić information content (AvgIpc) is 4.02. The summed E-state index contributed by atoms with van der Waals surface area (Å²) in [5.74, 6) is 1.88. The molecule has 5 heteroatoms. The minimum atomic E-state index is 0.939. The van der Waals surface area contributed by atoms with Crippen LogP contribution in [0, 0.1) is 0 Å². The SMILES string of the molecule is Cn1c(-c2cccc(-n3c4ccc(-c5ccccc5)cc4c4ccc(-c5nc6ccc(-c7ccc8c(c7)Cc7ccccc7-8)cc6n5C)cc43)c2)nc2ccccc21. The number of rotatable bonds is 5. The first-order valence-electron chi connectivity index (χ1n) is 19.9. The van der Waals surface area contributed by atoms with E-state index in [4.69, 9.17) is 9.97 Å². The zero-order valence-electron chi connectivity index (χ0n) is 32.2. The predicted octanol–water partition coefficient (Wildman–Crippen LogP) is 12.8. The van der Waals surface area contributed by atoms with Crippen LogP contribution in [0.2, 0.25) is 0 Å². The summed E-state index contributed by atoms with van der Waals surface area (Å²) in [5, 5.41) is 2.41. The van der Waals surface area contributed by atoms with E-state index in [9.17, 15) is 0 Å². The first-order chi connectivity index (χ1) is 28.6. The number of hydrogen-bond donors (Lipinski definition) is 0. The van der Waals surface area contributed by atoms with E-state index >= 15 is 0 Å². The fourth-order valence-electron chi connectivity index (χ4n) is 9.39. The lowest BCUT2D eigenvalue weighted by molar-refractivity contribution is 0.958. The van der Waals surface area contributed by atoms with Gasteiger partial charge >= 0.3 is 0 Å². The minimum absolute atomic E-state index is 0.939. The summed E-state index contributed by atoms with van der Waals surface area (Å²) < 4.78 is 6.84. The van der Waals surface area contributed by atoms with Crippen molar-refractivity contribution in [3.63, 3.8) is 0 Å². The molecular formula is C53H37N5. The zero-order valence-corrected chi connectivity index (χ0v) is 32.2. The molecule has 0 atom stereocenters. The quantitative estimate of drug-likeness (QED) is 0.176. The smallest absolute Gasteiger partial charge is 0.140 e. The number of aromatic nitrogens is 5. The Morgan fingerprint density at radius 2 is 1.02 bits per heavy atom. The van der Waals surface area contributed by atoms with Crippen molar-refractivity contribution in [3.05, 3.63) is 187 Å². The maximum absolute atomic E-state index is 5.25. The first kappa shape index (κ1) is 32.7. The van der Waals surface area contributed by atoms with Gasteiger partial charge in [0.05, 0.1) is 33.1 Å². The van der Waals surface area contributed by atoms with Gasteiger partial charge in [-0.2, -0.15) is 0 Å². The Morgan fingerprint density at radius 3 is 1.90 bits per heavy atom. The maximum Gasteiger partial charge on any atom is 0.140 e. The van der Waals surface area contributed by atoms with E-state index in [0.717, 1.165) is 68.0 Å². The average molecular weight is 744 g/mol. The Bertz CT molecular complexity index is 3450. The second kappa shape index (κ2) is 12.5. The van der Waals surface area contributed by atoms with Gasteiger partial charge in [0, 0.05) is 41.7 Å². The normalized spacial score (nSPS) is 12.2. The Balaban J connectivity index is 1.00. The summed E-state index contributed by atoms with van der Waals surface area (Å²) in [5.41, 5.74) is 20.1. The number of benzene rings is 8. The van der Waals surface area contributed by atoms with Gasteiger partial charge in [0.2, 0.25) is 0 Å². The molecule has 0 saturated heterocycles. The minimum Gasteiger partial charge on any atom is -0.327 e. The molecule has 274 valence electrons. The predicted molar refractivity (Wildman–Crippen MR) is 239 cm³/mol. The summed E-state index contributed by atoms with van der Waals surface area (Å²) >= 11 is 0. The van der Waals surface area contributed by atoms with Crippen LogP contribution in [-0.2, 0) is 20.5 Å². The molecule has 0 spiro atoms. The van der Waals surface area contributed by atoms with Gasteiger partial charge in [0.1, 0.15) is 11.6 Å². The number of fused-ring (bicyclic) bond motifs is 8. The van der Waals surface area contributed by atoms with Gasteiger partial charge in [-0.15, -0.1) is 0 Å². The zero-order chi connectivity index (χ0) is 38.5. The molecule has 3 aromatic heterocycles. The van der Waals surface area contributed by atoms with Crippen LogP contribution in [0.1, 0.15) is 11.1 Å². The summed E-state index contributed by atoms with van der Waals surface area (Å²) in [4.78, 5) is 10.3. The van der Waals surface area contributed by atoms with Crippen molar-refractivity contribution in [2.75, 3.05) is 0 Å². The molecule has 0 bridgehead atoms. The van der Waals surface area contributed by atoms with Crippen LogP contribution in [0.4, 0.5) is 0 Å². The van der Waals surface area contributed by atoms with Crippen LogP contribution in [0.15, 0.2) is 176 Å². The van der Waals surface area contributed by atoms with Crippen LogP contribution in [-0.4, -0.2) is 23.7 Å². The van der Waals surface area contributed by atoms with E-state index in [1.165, 1.54) is 55.3 Å². The van der Waals surface area contributed by atoms with Crippen LogP contribution < -0.4 is 0 Å². The van der Waals surface area contributed by atoms with Crippen molar-refractivity contribution in [1.29, 1.82) is 0 Å². The molecule has 11 aromatic rings. The standard InChI is InChI=1S/C53H37N5/c1-56-49-18-9-8-17-46(49)54-52(56)38-14-10-15-41(29-38)58-48-26-22-35(33-11-4-3-5-12-33)30-45(48)44-24-20-39(32-50(44)58)53-55-47-25-21-36(31-51(47)57(53)2)34-19-23-43-40(27-34)28-37-13-6-7-16-42(37)43/h3-27,29-32H,28H2,1-2H3. The lowest BCUT2D eigenvalue weighted by Gasteiger charge is -2.11. The second-order valence-corrected chi connectivity index (χ2v) is 15.6. The van der Waals surface area contributed by atoms with Crippen molar-refractivity contribution >= 4 is 43.9 Å². The maximum atomic E-state index is 5.25. The molecule has 8 aromatic carbocycles. The van der Waals surface area contributed by atoms with Crippen molar-refractivity contribution in [2.24, 2.45) is 14.1 Å². The van der Waals surface area contributed by atoms with E-state index in [1.807, 2.05) is 6.07 Å². The van der Waals surface area contributed by atoms with Gasteiger partial charge in [0.15, 0.2) is 0 Å². The van der Waals surface area contributed by atoms with Crippen LogP contribution in [0.5, 0.6) is 0 Å². The molecule has 1 aliphatic carbocycles. The highest BCUT2D eigenvalue weighted by molar-refractivity contribution is 6.11. The Labute approximate surface area is 335 Å². The molecule has 5 nitrogen and oxygen atoms in total. The van der Waals surface area contributed by atoms with Gasteiger partial charge < -0.3 is 13.7 Å². The Kier molecular flexibility index (Phi) is 7.05. The monoisotopic (exact) mass is 743 g/mol. The van der Waals surface area contributed by atoms with E-state index in [0.29, 0.717) is 0 Å².